The van der Waals surface area contributed by atoms with E-state index >= 15 is 0 Å². The number of nitrogens with one attached hydrogen (secondary N) is 1. The summed E-state index contributed by atoms with van der Waals surface area (Å²) in [5.74, 6) is 1.09. The topological polar surface area (TPSA) is 95.7 Å². The fourth-order valence-corrected chi connectivity index (χ4v) is 3.22. The van der Waals surface area contributed by atoms with E-state index < -0.39 is 5.91 Å². The van der Waals surface area contributed by atoms with Gasteiger partial charge in [-0.05, 0) is 42.5 Å². The summed E-state index contributed by atoms with van der Waals surface area (Å²) in [5, 5.41) is 3.16. The van der Waals surface area contributed by atoms with E-state index in [2.05, 4.69) is 15.3 Å². The van der Waals surface area contributed by atoms with Crippen molar-refractivity contribution in [2.45, 2.75) is 0 Å². The minimum atomic E-state index is -0.405. The van der Waals surface area contributed by atoms with Crippen LogP contribution in [0.2, 0.25) is 5.02 Å². The van der Waals surface area contributed by atoms with Crippen molar-refractivity contribution < 1.29 is 23.4 Å². The molecular formula is C22H18ClN3O5. The van der Waals surface area contributed by atoms with Crippen LogP contribution in [0.25, 0.3) is 22.7 Å². The summed E-state index contributed by atoms with van der Waals surface area (Å²) in [6, 6.07) is 11.8. The molecule has 0 saturated carbocycles. The Labute approximate surface area is 182 Å². The number of anilines is 1. The van der Waals surface area contributed by atoms with Crippen LogP contribution in [-0.2, 0) is 0 Å². The monoisotopic (exact) mass is 439 g/mol. The number of aromatic nitrogens is 2. The van der Waals surface area contributed by atoms with Crippen LogP contribution < -0.4 is 19.5 Å². The van der Waals surface area contributed by atoms with Gasteiger partial charge in [-0.15, -0.1) is 0 Å². The lowest BCUT2D eigenvalue weighted by Gasteiger charge is -2.14. The maximum Gasteiger partial charge on any atom is 0.255 e. The SMILES string of the molecule is COc1cc(C(=O)Nc2cc(-c3nc4ncccc4o3)ccc2Cl)cc(OC)c1OC. The van der Waals surface area contributed by atoms with Gasteiger partial charge in [0, 0.05) is 17.3 Å². The van der Waals surface area contributed by atoms with Gasteiger partial charge in [0.05, 0.1) is 32.0 Å². The number of nitrogens with zero attached hydrogens (tertiary/aromatic N) is 2. The molecule has 1 N–H and O–H groups in total. The van der Waals surface area contributed by atoms with Crippen molar-refractivity contribution in [3.8, 4) is 28.7 Å². The molecule has 1 amide bonds. The molecule has 158 valence electrons. The Hall–Kier alpha value is -3.78. The van der Waals surface area contributed by atoms with Gasteiger partial charge in [0.1, 0.15) is 0 Å². The molecule has 2 aromatic carbocycles. The standard InChI is InChI=1S/C22H18ClN3O5/c1-28-17-10-13(11-18(29-2)19(17)30-3)21(27)25-15-9-12(6-7-14(15)23)22-26-20-16(31-22)5-4-8-24-20/h4-11H,1-3H3,(H,25,27). The first-order chi connectivity index (χ1) is 15.0. The molecule has 0 unspecified atom stereocenters. The first kappa shape index (κ1) is 20.5. The van der Waals surface area contributed by atoms with E-state index in [9.17, 15) is 4.79 Å². The van der Waals surface area contributed by atoms with E-state index in [1.54, 1.807) is 48.7 Å². The molecule has 0 saturated heterocycles. The van der Waals surface area contributed by atoms with E-state index in [1.165, 1.54) is 21.3 Å². The van der Waals surface area contributed by atoms with Crippen LogP contribution in [0.15, 0.2) is 53.1 Å². The first-order valence-corrected chi connectivity index (χ1v) is 9.54. The van der Waals surface area contributed by atoms with E-state index in [4.69, 9.17) is 30.2 Å². The minimum absolute atomic E-state index is 0.307. The molecule has 9 heteroatoms. The molecule has 0 aliphatic carbocycles. The molecule has 31 heavy (non-hydrogen) atoms. The lowest BCUT2D eigenvalue weighted by atomic mass is 10.1. The highest BCUT2D eigenvalue weighted by molar-refractivity contribution is 6.34. The Morgan fingerprint density at radius 2 is 1.77 bits per heavy atom. The molecule has 0 aliphatic rings. The Morgan fingerprint density at radius 3 is 2.42 bits per heavy atom. The van der Waals surface area contributed by atoms with Crippen molar-refractivity contribution >= 4 is 34.4 Å². The molecule has 0 atom stereocenters. The van der Waals surface area contributed by atoms with Crippen LogP contribution in [0.1, 0.15) is 10.4 Å². The van der Waals surface area contributed by atoms with E-state index in [0.717, 1.165) is 0 Å². The smallest absolute Gasteiger partial charge is 0.255 e. The van der Waals surface area contributed by atoms with Gasteiger partial charge in [-0.1, -0.05) is 11.6 Å². The van der Waals surface area contributed by atoms with Gasteiger partial charge in [-0.2, -0.15) is 4.98 Å². The minimum Gasteiger partial charge on any atom is -0.493 e. The summed E-state index contributed by atoms with van der Waals surface area (Å²) < 4.78 is 21.7. The third kappa shape index (κ3) is 3.97. The van der Waals surface area contributed by atoms with Crippen LogP contribution >= 0.6 is 11.6 Å². The molecule has 0 fully saturated rings. The molecule has 4 rings (SSSR count). The number of hydrogen-bond donors (Lipinski definition) is 1. The van der Waals surface area contributed by atoms with Crippen LogP contribution in [0.3, 0.4) is 0 Å². The molecule has 0 bridgehead atoms. The second kappa shape index (κ2) is 8.53. The van der Waals surface area contributed by atoms with Gasteiger partial charge in [0.15, 0.2) is 22.7 Å². The van der Waals surface area contributed by atoms with E-state index in [-0.39, 0.29) is 0 Å². The number of halogens is 1. The zero-order chi connectivity index (χ0) is 22.0. The van der Waals surface area contributed by atoms with Crippen molar-refractivity contribution in [3.63, 3.8) is 0 Å². The van der Waals surface area contributed by atoms with Crippen LogP contribution in [-0.4, -0.2) is 37.2 Å². The van der Waals surface area contributed by atoms with E-state index in [0.29, 0.717) is 56.2 Å². The molecule has 2 aromatic heterocycles. The zero-order valence-corrected chi connectivity index (χ0v) is 17.7. The van der Waals surface area contributed by atoms with Crippen molar-refractivity contribution in [1.29, 1.82) is 0 Å². The number of amides is 1. The van der Waals surface area contributed by atoms with Crippen molar-refractivity contribution in [3.05, 3.63) is 59.2 Å². The molecule has 8 nitrogen and oxygen atoms in total. The number of carbonyl (C=O) groups excluding carboxylic acids is 1. The van der Waals surface area contributed by atoms with E-state index in [1.807, 2.05) is 0 Å². The summed E-state index contributed by atoms with van der Waals surface area (Å²) in [6.07, 6.45) is 1.64. The molecule has 0 spiro atoms. The summed E-state index contributed by atoms with van der Waals surface area (Å²) in [6.45, 7) is 0. The van der Waals surface area contributed by atoms with Crippen molar-refractivity contribution in [1.82, 2.24) is 9.97 Å². The Morgan fingerprint density at radius 1 is 1.03 bits per heavy atom. The Kier molecular flexibility index (Phi) is 5.64. The zero-order valence-electron chi connectivity index (χ0n) is 16.9. The number of methoxy groups -OCH3 is 3. The predicted octanol–water partition coefficient (Wildman–Crippen LogP) is 4.82. The van der Waals surface area contributed by atoms with Gasteiger partial charge in [-0.3, -0.25) is 4.79 Å². The average Bonchev–Trinajstić information content (AvgIpc) is 3.23. The van der Waals surface area contributed by atoms with Gasteiger partial charge < -0.3 is 23.9 Å². The Balaban J connectivity index is 1.66. The Bertz CT molecular complexity index is 1210. The average molecular weight is 440 g/mol. The van der Waals surface area contributed by atoms with Crippen LogP contribution in [0.5, 0.6) is 17.2 Å². The molecule has 4 aromatic rings. The molecular weight excluding hydrogens is 422 g/mol. The fraction of sp³-hybridized carbons (Fsp3) is 0.136. The quantitative estimate of drug-likeness (QED) is 0.460. The lowest BCUT2D eigenvalue weighted by molar-refractivity contribution is 0.102. The summed E-state index contributed by atoms with van der Waals surface area (Å²) >= 11 is 6.31. The predicted molar refractivity (Wildman–Crippen MR) is 116 cm³/mol. The number of pyridine rings is 1. The number of carbonyl (C=O) groups is 1. The highest BCUT2D eigenvalue weighted by Crippen LogP contribution is 2.38. The third-order valence-corrected chi connectivity index (χ3v) is 4.88. The fourth-order valence-electron chi connectivity index (χ4n) is 3.05. The summed E-state index contributed by atoms with van der Waals surface area (Å²) in [4.78, 5) is 21.5. The highest BCUT2D eigenvalue weighted by atomic mass is 35.5. The maximum absolute atomic E-state index is 12.9. The summed E-state index contributed by atoms with van der Waals surface area (Å²) in [7, 11) is 4.45. The summed E-state index contributed by atoms with van der Waals surface area (Å²) in [5.41, 5.74) is 2.41. The normalized spacial score (nSPS) is 10.7. The third-order valence-electron chi connectivity index (χ3n) is 4.55. The molecule has 0 aliphatic heterocycles. The number of oxazole rings is 1. The number of hydrogen-bond acceptors (Lipinski definition) is 7. The van der Waals surface area contributed by atoms with Gasteiger partial charge in [-0.25, -0.2) is 4.98 Å². The van der Waals surface area contributed by atoms with Crippen molar-refractivity contribution in [2.75, 3.05) is 26.6 Å². The number of rotatable bonds is 6. The largest absolute Gasteiger partial charge is 0.493 e. The maximum atomic E-state index is 12.9. The van der Waals surface area contributed by atoms with Crippen LogP contribution in [0, 0.1) is 0 Å². The second-order valence-corrected chi connectivity index (χ2v) is 6.81. The molecule has 0 radical (unpaired) electrons. The number of ether oxygens (including phenoxy) is 3. The van der Waals surface area contributed by atoms with Gasteiger partial charge in [0.25, 0.3) is 5.91 Å². The number of fused-ring (bicyclic) bond motifs is 1. The van der Waals surface area contributed by atoms with Gasteiger partial charge >= 0.3 is 0 Å². The van der Waals surface area contributed by atoms with Gasteiger partial charge in [0.2, 0.25) is 11.6 Å². The first-order valence-electron chi connectivity index (χ1n) is 9.17. The second-order valence-electron chi connectivity index (χ2n) is 6.41. The lowest BCUT2D eigenvalue weighted by Crippen LogP contribution is -2.13. The number of benzene rings is 2. The molecule has 2 heterocycles. The van der Waals surface area contributed by atoms with Crippen LogP contribution in [0.4, 0.5) is 5.69 Å². The highest BCUT2D eigenvalue weighted by Gasteiger charge is 2.18. The van der Waals surface area contributed by atoms with Crippen molar-refractivity contribution in [2.24, 2.45) is 0 Å².